The van der Waals surface area contributed by atoms with Crippen LogP contribution in [0.25, 0.3) is 0 Å². The summed E-state index contributed by atoms with van der Waals surface area (Å²) in [6.07, 6.45) is 2.96. The number of nitrogen functional groups attached to an aromatic ring is 1. The summed E-state index contributed by atoms with van der Waals surface area (Å²) in [6, 6.07) is 7.08. The van der Waals surface area contributed by atoms with Crippen LogP contribution in [0, 0.1) is 0 Å². The van der Waals surface area contributed by atoms with Gasteiger partial charge in [-0.2, -0.15) is 0 Å². The van der Waals surface area contributed by atoms with E-state index in [0.717, 1.165) is 12.8 Å². The Hall–Kier alpha value is -1.60. The van der Waals surface area contributed by atoms with Gasteiger partial charge in [-0.3, -0.25) is 4.79 Å². The van der Waals surface area contributed by atoms with Crippen LogP contribution in [0.2, 0.25) is 0 Å². The van der Waals surface area contributed by atoms with E-state index >= 15 is 0 Å². The predicted molar refractivity (Wildman–Crippen MR) is 81.9 cm³/mol. The Morgan fingerprint density at radius 3 is 2.52 bits per heavy atom. The predicted octanol–water partition coefficient (Wildman–Crippen LogP) is 0.747. The molecule has 7 heteroatoms. The first-order chi connectivity index (χ1) is 9.94. The van der Waals surface area contributed by atoms with Gasteiger partial charge in [0.1, 0.15) is 0 Å². The SMILES string of the molecule is Nc1ccc(CS(=O)(=O)NCCCC(=O)NC2CC2)cc1. The molecule has 1 saturated carbocycles. The molecule has 1 fully saturated rings. The number of amides is 1. The number of hydrogen-bond donors (Lipinski definition) is 3. The highest BCUT2D eigenvalue weighted by molar-refractivity contribution is 7.88. The Labute approximate surface area is 125 Å². The number of nitrogens with one attached hydrogen (secondary N) is 2. The lowest BCUT2D eigenvalue weighted by Crippen LogP contribution is -2.29. The standard InChI is InChI=1S/C14H21N3O3S/c15-12-5-3-11(4-6-12)10-21(19,20)16-9-1-2-14(18)17-13-7-8-13/h3-6,13,16H,1-2,7-10,15H2,(H,17,18). The van der Waals surface area contributed by atoms with Gasteiger partial charge in [-0.25, -0.2) is 13.1 Å². The van der Waals surface area contributed by atoms with E-state index < -0.39 is 10.0 Å². The minimum Gasteiger partial charge on any atom is -0.399 e. The van der Waals surface area contributed by atoms with Gasteiger partial charge in [0.05, 0.1) is 5.75 Å². The van der Waals surface area contributed by atoms with Crippen molar-refractivity contribution in [3.8, 4) is 0 Å². The van der Waals surface area contributed by atoms with Crippen LogP contribution in [0.15, 0.2) is 24.3 Å². The molecule has 2 rings (SSSR count). The van der Waals surface area contributed by atoms with E-state index in [1.165, 1.54) is 0 Å². The van der Waals surface area contributed by atoms with Crippen molar-refractivity contribution in [3.63, 3.8) is 0 Å². The van der Waals surface area contributed by atoms with Crippen molar-refractivity contribution in [3.05, 3.63) is 29.8 Å². The van der Waals surface area contributed by atoms with E-state index in [2.05, 4.69) is 10.0 Å². The van der Waals surface area contributed by atoms with Crippen molar-refractivity contribution in [1.29, 1.82) is 0 Å². The van der Waals surface area contributed by atoms with Crippen LogP contribution < -0.4 is 15.8 Å². The molecule has 4 N–H and O–H groups in total. The van der Waals surface area contributed by atoms with Crippen LogP contribution in [0.3, 0.4) is 0 Å². The van der Waals surface area contributed by atoms with Gasteiger partial charge in [-0.05, 0) is 37.0 Å². The van der Waals surface area contributed by atoms with E-state index in [1.807, 2.05) is 0 Å². The zero-order valence-electron chi connectivity index (χ0n) is 11.8. The molecule has 1 aliphatic rings. The highest BCUT2D eigenvalue weighted by Crippen LogP contribution is 2.18. The molecule has 0 saturated heterocycles. The molecule has 1 aliphatic carbocycles. The number of hydrogen-bond acceptors (Lipinski definition) is 4. The second kappa shape index (κ2) is 6.91. The van der Waals surface area contributed by atoms with Crippen molar-refractivity contribution >= 4 is 21.6 Å². The van der Waals surface area contributed by atoms with Gasteiger partial charge in [0.15, 0.2) is 0 Å². The van der Waals surface area contributed by atoms with E-state index in [4.69, 9.17) is 5.73 Å². The Morgan fingerprint density at radius 1 is 1.24 bits per heavy atom. The number of benzene rings is 1. The minimum atomic E-state index is -3.38. The van der Waals surface area contributed by atoms with Crippen LogP contribution >= 0.6 is 0 Å². The molecule has 0 radical (unpaired) electrons. The molecular formula is C14H21N3O3S. The summed E-state index contributed by atoms with van der Waals surface area (Å²) >= 11 is 0. The number of rotatable bonds is 8. The summed E-state index contributed by atoms with van der Waals surface area (Å²) in [7, 11) is -3.38. The highest BCUT2D eigenvalue weighted by Gasteiger charge is 2.22. The summed E-state index contributed by atoms with van der Waals surface area (Å²) in [5.41, 5.74) is 6.84. The normalized spacial score (nSPS) is 14.9. The smallest absolute Gasteiger partial charge is 0.220 e. The summed E-state index contributed by atoms with van der Waals surface area (Å²) < 4.78 is 26.3. The van der Waals surface area contributed by atoms with Gasteiger partial charge in [-0.15, -0.1) is 0 Å². The van der Waals surface area contributed by atoms with Crippen LogP contribution in [0.1, 0.15) is 31.2 Å². The molecule has 6 nitrogen and oxygen atoms in total. The van der Waals surface area contributed by atoms with Crippen LogP contribution in [-0.2, 0) is 20.6 Å². The fourth-order valence-corrected chi connectivity index (χ4v) is 3.08. The lowest BCUT2D eigenvalue weighted by atomic mass is 10.2. The third kappa shape index (κ3) is 6.14. The zero-order valence-corrected chi connectivity index (χ0v) is 12.7. The fraction of sp³-hybridized carbons (Fsp3) is 0.500. The molecule has 0 spiro atoms. The van der Waals surface area contributed by atoms with Crippen molar-refractivity contribution in [1.82, 2.24) is 10.0 Å². The Balaban J connectivity index is 1.68. The van der Waals surface area contributed by atoms with Crippen molar-refractivity contribution < 1.29 is 13.2 Å². The van der Waals surface area contributed by atoms with Gasteiger partial charge < -0.3 is 11.1 Å². The van der Waals surface area contributed by atoms with Crippen LogP contribution in [0.5, 0.6) is 0 Å². The number of sulfonamides is 1. The molecule has 1 aromatic carbocycles. The lowest BCUT2D eigenvalue weighted by molar-refractivity contribution is -0.121. The summed E-state index contributed by atoms with van der Waals surface area (Å²) in [5, 5.41) is 2.87. The maximum absolute atomic E-state index is 11.9. The highest BCUT2D eigenvalue weighted by atomic mass is 32.2. The average molecular weight is 311 g/mol. The third-order valence-electron chi connectivity index (χ3n) is 3.18. The molecule has 1 amide bonds. The second-order valence-corrected chi connectivity index (χ2v) is 7.15. The van der Waals surface area contributed by atoms with Gasteiger partial charge in [0, 0.05) is 24.7 Å². The number of nitrogens with two attached hydrogens (primary N) is 1. The van der Waals surface area contributed by atoms with Gasteiger partial charge in [0.2, 0.25) is 15.9 Å². The monoisotopic (exact) mass is 311 g/mol. The van der Waals surface area contributed by atoms with E-state index in [0.29, 0.717) is 30.1 Å². The van der Waals surface area contributed by atoms with E-state index in [9.17, 15) is 13.2 Å². The molecule has 0 unspecified atom stereocenters. The molecular weight excluding hydrogens is 290 g/mol. The Bertz CT molecular complexity index is 580. The Kier molecular flexibility index (Phi) is 5.19. The van der Waals surface area contributed by atoms with E-state index in [-0.39, 0.29) is 18.2 Å². The maximum Gasteiger partial charge on any atom is 0.220 e. The van der Waals surface area contributed by atoms with Gasteiger partial charge >= 0.3 is 0 Å². The zero-order chi connectivity index (χ0) is 15.3. The summed E-state index contributed by atoms with van der Waals surface area (Å²) in [4.78, 5) is 11.4. The maximum atomic E-state index is 11.9. The number of carbonyl (C=O) groups excluding carboxylic acids is 1. The van der Waals surface area contributed by atoms with Crippen molar-refractivity contribution in [2.24, 2.45) is 0 Å². The first kappa shape index (κ1) is 15.8. The Morgan fingerprint density at radius 2 is 1.90 bits per heavy atom. The first-order valence-corrected chi connectivity index (χ1v) is 8.71. The van der Waals surface area contributed by atoms with Gasteiger partial charge in [0.25, 0.3) is 0 Å². The van der Waals surface area contributed by atoms with Crippen molar-refractivity contribution in [2.75, 3.05) is 12.3 Å². The summed E-state index contributed by atoms with van der Waals surface area (Å²) in [6.45, 7) is 0.273. The molecule has 0 atom stereocenters. The molecule has 0 aliphatic heterocycles. The fourth-order valence-electron chi connectivity index (χ4n) is 1.89. The van der Waals surface area contributed by atoms with Gasteiger partial charge in [-0.1, -0.05) is 12.1 Å². The number of anilines is 1. The van der Waals surface area contributed by atoms with Crippen molar-refractivity contribution in [2.45, 2.75) is 37.5 Å². The molecule has 0 bridgehead atoms. The second-order valence-electron chi connectivity index (χ2n) is 5.34. The number of carbonyl (C=O) groups is 1. The largest absolute Gasteiger partial charge is 0.399 e. The first-order valence-electron chi connectivity index (χ1n) is 7.06. The molecule has 21 heavy (non-hydrogen) atoms. The molecule has 1 aromatic rings. The lowest BCUT2D eigenvalue weighted by Gasteiger charge is -2.07. The molecule has 0 aromatic heterocycles. The quantitative estimate of drug-likeness (QED) is 0.487. The van der Waals surface area contributed by atoms with Crippen LogP contribution in [-0.4, -0.2) is 26.9 Å². The average Bonchev–Trinajstić information content (AvgIpc) is 3.21. The minimum absolute atomic E-state index is 0.00441. The molecule has 0 heterocycles. The van der Waals surface area contributed by atoms with Crippen LogP contribution in [0.4, 0.5) is 5.69 Å². The molecule has 116 valence electrons. The summed E-state index contributed by atoms with van der Waals surface area (Å²) in [5.74, 6) is -0.0862. The third-order valence-corrected chi connectivity index (χ3v) is 4.54. The van der Waals surface area contributed by atoms with E-state index in [1.54, 1.807) is 24.3 Å². The topological polar surface area (TPSA) is 101 Å².